The highest BCUT2D eigenvalue weighted by molar-refractivity contribution is 5.95. The number of nitrogens with one attached hydrogen (secondary N) is 2. The molecule has 2 aromatic carbocycles. The van der Waals surface area contributed by atoms with Gasteiger partial charge in [-0.25, -0.2) is 9.97 Å². The molecule has 1 aliphatic rings. The van der Waals surface area contributed by atoms with Crippen LogP contribution < -0.4 is 15.4 Å². The van der Waals surface area contributed by atoms with Crippen molar-refractivity contribution in [3.8, 4) is 17.1 Å². The molecule has 2 aromatic heterocycles. The molecule has 3 heterocycles. The summed E-state index contributed by atoms with van der Waals surface area (Å²) in [5.74, 6) is 2.17. The summed E-state index contributed by atoms with van der Waals surface area (Å²) in [5, 5.41) is 12.9. The lowest BCUT2D eigenvalue weighted by Gasteiger charge is -2.24. The summed E-state index contributed by atoms with van der Waals surface area (Å²) in [6, 6.07) is 14.3. The predicted octanol–water partition coefficient (Wildman–Crippen LogP) is 3.43. The van der Waals surface area contributed by atoms with Crippen LogP contribution in [0.4, 0.5) is 5.95 Å². The number of hydrogen-bond donors (Lipinski definition) is 2. The van der Waals surface area contributed by atoms with Gasteiger partial charge in [-0.15, -0.1) is 5.10 Å². The second kappa shape index (κ2) is 7.33. The van der Waals surface area contributed by atoms with E-state index in [-0.39, 0.29) is 0 Å². The number of methoxy groups -OCH3 is 1. The van der Waals surface area contributed by atoms with E-state index in [0.717, 1.165) is 65.3 Å². The summed E-state index contributed by atoms with van der Waals surface area (Å²) in [4.78, 5) is 9.80. The fourth-order valence-corrected chi connectivity index (χ4v) is 3.95. The van der Waals surface area contributed by atoms with Crippen LogP contribution in [-0.4, -0.2) is 45.8 Å². The second-order valence-electron chi connectivity index (χ2n) is 7.49. The van der Waals surface area contributed by atoms with Gasteiger partial charge in [0.05, 0.1) is 12.6 Å². The molecule has 148 valence electrons. The zero-order valence-corrected chi connectivity index (χ0v) is 16.6. The summed E-state index contributed by atoms with van der Waals surface area (Å²) in [7, 11) is 1.66. The van der Waals surface area contributed by atoms with E-state index >= 15 is 0 Å². The summed E-state index contributed by atoms with van der Waals surface area (Å²) < 4.78 is 7.22. The number of rotatable bonds is 4. The van der Waals surface area contributed by atoms with Gasteiger partial charge in [0.15, 0.2) is 11.5 Å². The zero-order valence-electron chi connectivity index (χ0n) is 16.6. The molecule has 0 unspecified atom stereocenters. The largest absolute Gasteiger partial charge is 0.497 e. The van der Waals surface area contributed by atoms with E-state index in [1.807, 2.05) is 40.9 Å². The van der Waals surface area contributed by atoms with Crippen molar-refractivity contribution in [3.05, 3.63) is 48.0 Å². The molecule has 4 aromatic rings. The van der Waals surface area contributed by atoms with Crippen LogP contribution in [0.5, 0.6) is 5.75 Å². The van der Waals surface area contributed by atoms with Crippen LogP contribution in [0.25, 0.3) is 27.9 Å². The molecule has 2 N–H and O–H groups in total. The Morgan fingerprint density at radius 1 is 1.17 bits per heavy atom. The molecule has 1 aliphatic heterocycles. The average molecular weight is 388 g/mol. The van der Waals surface area contributed by atoms with Crippen molar-refractivity contribution < 1.29 is 4.74 Å². The molecule has 5 rings (SSSR count). The van der Waals surface area contributed by atoms with Crippen molar-refractivity contribution in [3.63, 3.8) is 0 Å². The Kier molecular flexibility index (Phi) is 4.52. The van der Waals surface area contributed by atoms with E-state index in [4.69, 9.17) is 19.8 Å². The van der Waals surface area contributed by atoms with E-state index in [9.17, 15) is 0 Å². The topological polar surface area (TPSA) is 76.4 Å². The average Bonchev–Trinajstić information content (AvgIpc) is 3.20. The Labute approximate surface area is 169 Å². The van der Waals surface area contributed by atoms with Crippen LogP contribution in [0.2, 0.25) is 0 Å². The molecule has 29 heavy (non-hydrogen) atoms. The SMILES string of the molecule is COc1cccc(-c2nc3c4c(C)cccc4nc(N[C@H]4CCCNC4)n3n2)c1. The lowest BCUT2D eigenvalue weighted by Crippen LogP contribution is -2.39. The molecule has 1 atom stereocenters. The Hall–Kier alpha value is -3.19. The molecule has 0 radical (unpaired) electrons. The molecule has 7 nitrogen and oxygen atoms in total. The first-order valence-corrected chi connectivity index (χ1v) is 10.0. The third kappa shape index (κ3) is 3.27. The molecule has 0 amide bonds. The van der Waals surface area contributed by atoms with Crippen LogP contribution in [0.1, 0.15) is 18.4 Å². The van der Waals surface area contributed by atoms with Gasteiger partial charge >= 0.3 is 0 Å². The van der Waals surface area contributed by atoms with E-state index in [1.165, 1.54) is 0 Å². The van der Waals surface area contributed by atoms with Gasteiger partial charge in [0.2, 0.25) is 5.95 Å². The Morgan fingerprint density at radius 2 is 2.07 bits per heavy atom. The smallest absolute Gasteiger partial charge is 0.226 e. The highest BCUT2D eigenvalue weighted by Gasteiger charge is 2.19. The van der Waals surface area contributed by atoms with E-state index in [0.29, 0.717) is 11.9 Å². The van der Waals surface area contributed by atoms with Crippen LogP contribution in [-0.2, 0) is 0 Å². The summed E-state index contributed by atoms with van der Waals surface area (Å²) in [5.41, 5.74) is 3.79. The predicted molar refractivity (Wildman–Crippen MR) is 115 cm³/mol. The molecular weight excluding hydrogens is 364 g/mol. The van der Waals surface area contributed by atoms with Crippen molar-refractivity contribution in [2.24, 2.45) is 0 Å². The number of anilines is 1. The minimum atomic E-state index is 0.325. The molecule has 1 fully saturated rings. The summed E-state index contributed by atoms with van der Waals surface area (Å²) in [6.45, 7) is 4.08. The maximum Gasteiger partial charge on any atom is 0.226 e. The Balaban J connectivity index is 1.69. The first-order valence-electron chi connectivity index (χ1n) is 10.0. The van der Waals surface area contributed by atoms with Gasteiger partial charge in [-0.1, -0.05) is 24.3 Å². The second-order valence-corrected chi connectivity index (χ2v) is 7.49. The summed E-state index contributed by atoms with van der Waals surface area (Å²) >= 11 is 0. The van der Waals surface area contributed by atoms with Crippen LogP contribution in [0.3, 0.4) is 0 Å². The number of piperidine rings is 1. The molecule has 0 saturated carbocycles. The van der Waals surface area contributed by atoms with Crippen molar-refractivity contribution in [1.29, 1.82) is 0 Å². The van der Waals surface area contributed by atoms with Crippen LogP contribution in [0, 0.1) is 6.92 Å². The lowest BCUT2D eigenvalue weighted by atomic mass is 10.1. The number of fused-ring (bicyclic) bond motifs is 3. The summed E-state index contributed by atoms with van der Waals surface area (Å²) in [6.07, 6.45) is 2.26. The van der Waals surface area contributed by atoms with E-state index < -0.39 is 0 Å². The highest BCUT2D eigenvalue weighted by Crippen LogP contribution is 2.28. The lowest BCUT2D eigenvalue weighted by molar-refractivity contribution is 0.415. The number of hydrogen-bond acceptors (Lipinski definition) is 6. The van der Waals surface area contributed by atoms with Crippen molar-refractivity contribution >= 4 is 22.5 Å². The van der Waals surface area contributed by atoms with Crippen LogP contribution >= 0.6 is 0 Å². The van der Waals surface area contributed by atoms with Crippen molar-refractivity contribution in [2.75, 3.05) is 25.5 Å². The van der Waals surface area contributed by atoms with Crippen molar-refractivity contribution in [2.45, 2.75) is 25.8 Å². The van der Waals surface area contributed by atoms with Crippen LogP contribution in [0.15, 0.2) is 42.5 Å². The Morgan fingerprint density at radius 3 is 2.90 bits per heavy atom. The number of benzene rings is 2. The fraction of sp³-hybridized carbons (Fsp3) is 0.318. The third-order valence-electron chi connectivity index (χ3n) is 5.47. The standard InChI is InChI=1S/C22H24N6O/c1-14-6-3-10-18-19(14)21-26-20(15-7-4-9-17(12-15)29-2)27-28(21)22(25-18)24-16-8-5-11-23-13-16/h3-4,6-7,9-10,12,16,23H,5,8,11,13H2,1-2H3,(H,24,25)/t16-/m0/s1. The molecule has 7 heteroatoms. The zero-order chi connectivity index (χ0) is 19.8. The normalized spacial score (nSPS) is 17.0. The number of aryl methyl sites for hydroxylation is 1. The van der Waals surface area contributed by atoms with Gasteiger partial charge in [0.25, 0.3) is 0 Å². The van der Waals surface area contributed by atoms with Gasteiger partial charge in [0, 0.05) is 23.5 Å². The number of aromatic nitrogens is 4. The molecule has 0 aliphatic carbocycles. The molecule has 0 spiro atoms. The minimum Gasteiger partial charge on any atom is -0.497 e. The van der Waals surface area contributed by atoms with Gasteiger partial charge < -0.3 is 15.4 Å². The third-order valence-corrected chi connectivity index (χ3v) is 5.47. The van der Waals surface area contributed by atoms with Crippen molar-refractivity contribution in [1.82, 2.24) is 24.9 Å². The monoisotopic (exact) mass is 388 g/mol. The first kappa shape index (κ1) is 17.9. The van der Waals surface area contributed by atoms with E-state index in [2.05, 4.69) is 23.6 Å². The number of nitrogens with zero attached hydrogens (tertiary/aromatic N) is 4. The van der Waals surface area contributed by atoms with E-state index in [1.54, 1.807) is 7.11 Å². The Bertz CT molecular complexity index is 1180. The van der Waals surface area contributed by atoms with Gasteiger partial charge in [-0.2, -0.15) is 4.52 Å². The fourth-order valence-electron chi connectivity index (χ4n) is 3.95. The number of ether oxygens (including phenoxy) is 1. The molecule has 1 saturated heterocycles. The molecule has 0 bridgehead atoms. The highest BCUT2D eigenvalue weighted by atomic mass is 16.5. The maximum absolute atomic E-state index is 5.37. The minimum absolute atomic E-state index is 0.325. The quantitative estimate of drug-likeness (QED) is 0.558. The molecular formula is C22H24N6O. The van der Waals surface area contributed by atoms with Gasteiger partial charge in [-0.3, -0.25) is 0 Å². The maximum atomic E-state index is 5.37. The van der Waals surface area contributed by atoms with Gasteiger partial charge in [0.1, 0.15) is 5.75 Å². The first-order chi connectivity index (χ1) is 14.2. The van der Waals surface area contributed by atoms with Gasteiger partial charge in [-0.05, 0) is 50.1 Å².